The van der Waals surface area contributed by atoms with E-state index in [1.807, 2.05) is 26.0 Å². The number of nitrogens with one attached hydrogen (secondary N) is 1. The van der Waals surface area contributed by atoms with E-state index in [2.05, 4.69) is 21.5 Å². The van der Waals surface area contributed by atoms with Crippen LogP contribution in [0.1, 0.15) is 34.5 Å². The second-order valence-corrected chi connectivity index (χ2v) is 7.58. The molecule has 33 heavy (non-hydrogen) atoms. The first-order chi connectivity index (χ1) is 16.0. The fourth-order valence-electron chi connectivity index (χ4n) is 3.67. The lowest BCUT2D eigenvalue weighted by atomic mass is 10.1. The molecule has 1 N–H and O–H groups in total. The van der Waals surface area contributed by atoms with Gasteiger partial charge in [-0.3, -0.25) is 4.79 Å². The van der Waals surface area contributed by atoms with E-state index < -0.39 is 5.82 Å². The molecule has 8 heteroatoms. The van der Waals surface area contributed by atoms with Gasteiger partial charge in [0.1, 0.15) is 17.4 Å². The Morgan fingerprint density at radius 3 is 2.64 bits per heavy atom. The third-order valence-corrected chi connectivity index (χ3v) is 5.44. The second kappa shape index (κ2) is 9.49. The zero-order chi connectivity index (χ0) is 23.4. The van der Waals surface area contributed by atoms with Crippen LogP contribution >= 0.6 is 0 Å². The molecule has 0 aliphatic heterocycles. The molecule has 4 rings (SSSR count). The van der Waals surface area contributed by atoms with Gasteiger partial charge in [0.15, 0.2) is 17.2 Å². The first-order valence-corrected chi connectivity index (χ1v) is 10.5. The van der Waals surface area contributed by atoms with E-state index >= 15 is 0 Å². The largest absolute Gasteiger partial charge is 0.454 e. The highest BCUT2D eigenvalue weighted by Crippen LogP contribution is 2.27. The monoisotopic (exact) mass is 443 g/mol. The topological polar surface area (TPSA) is 92.3 Å². The van der Waals surface area contributed by atoms with E-state index in [0.29, 0.717) is 23.4 Å². The Balaban J connectivity index is 1.41. The van der Waals surface area contributed by atoms with Crippen LogP contribution in [-0.4, -0.2) is 20.5 Å². The second-order valence-electron chi connectivity index (χ2n) is 7.58. The van der Waals surface area contributed by atoms with Crippen LogP contribution in [-0.2, 0) is 17.8 Å². The molecule has 2 aromatic heterocycles. The summed E-state index contributed by atoms with van der Waals surface area (Å²) in [6, 6.07) is 15.5. The summed E-state index contributed by atoms with van der Waals surface area (Å²) < 4.78 is 21.3. The zero-order valence-corrected chi connectivity index (χ0v) is 18.3. The van der Waals surface area contributed by atoms with Gasteiger partial charge in [-0.25, -0.2) is 13.9 Å². The van der Waals surface area contributed by atoms with Crippen molar-refractivity contribution in [1.29, 1.82) is 5.26 Å². The van der Waals surface area contributed by atoms with Gasteiger partial charge in [-0.1, -0.05) is 30.3 Å². The quantitative estimate of drug-likeness (QED) is 0.457. The molecule has 2 heterocycles. The van der Waals surface area contributed by atoms with E-state index in [1.54, 1.807) is 34.8 Å². The maximum absolute atomic E-state index is 13.9. The van der Waals surface area contributed by atoms with Crippen LogP contribution < -0.4 is 10.1 Å². The molecule has 1 amide bonds. The molecule has 0 saturated heterocycles. The highest BCUT2D eigenvalue weighted by Gasteiger charge is 2.15. The Kier molecular flexibility index (Phi) is 6.31. The number of hydrogen-bond donors (Lipinski definition) is 1. The summed E-state index contributed by atoms with van der Waals surface area (Å²) in [7, 11) is 0. The molecule has 166 valence electrons. The molecule has 0 atom stereocenters. The van der Waals surface area contributed by atoms with Crippen LogP contribution in [0.2, 0.25) is 0 Å². The number of halogens is 1. The molecule has 0 unspecified atom stereocenters. The van der Waals surface area contributed by atoms with Gasteiger partial charge in [0.25, 0.3) is 0 Å². The van der Waals surface area contributed by atoms with Crippen molar-refractivity contribution in [3.8, 4) is 17.6 Å². The van der Waals surface area contributed by atoms with E-state index in [0.717, 1.165) is 22.5 Å². The predicted octanol–water partition coefficient (Wildman–Crippen LogP) is 4.40. The number of aryl methyl sites for hydroxylation is 2. The number of ether oxygens (including phenoxy) is 1. The van der Waals surface area contributed by atoms with Gasteiger partial charge < -0.3 is 10.1 Å². The summed E-state index contributed by atoms with van der Waals surface area (Å²) in [6.45, 7) is 4.02. The number of nitriles is 1. The lowest BCUT2D eigenvalue weighted by Gasteiger charge is -2.13. The average molecular weight is 443 g/mol. The van der Waals surface area contributed by atoms with Crippen molar-refractivity contribution in [2.75, 3.05) is 0 Å². The van der Waals surface area contributed by atoms with Gasteiger partial charge in [0.05, 0.1) is 6.20 Å². The van der Waals surface area contributed by atoms with E-state index in [9.17, 15) is 14.4 Å². The highest BCUT2D eigenvalue weighted by molar-refractivity contribution is 5.76. The van der Waals surface area contributed by atoms with Crippen molar-refractivity contribution in [3.63, 3.8) is 0 Å². The van der Waals surface area contributed by atoms with Crippen LogP contribution in [0.4, 0.5) is 4.39 Å². The fourth-order valence-corrected chi connectivity index (χ4v) is 3.67. The van der Waals surface area contributed by atoms with Crippen molar-refractivity contribution >= 4 is 11.6 Å². The third kappa shape index (κ3) is 4.67. The number of para-hydroxylation sites is 2. The summed E-state index contributed by atoms with van der Waals surface area (Å²) in [5.74, 6) is 0.0269. The number of rotatable bonds is 7. The molecule has 0 saturated carbocycles. The van der Waals surface area contributed by atoms with Crippen LogP contribution in [0, 0.1) is 31.0 Å². The minimum atomic E-state index is -0.452. The minimum Gasteiger partial charge on any atom is -0.454 e. The van der Waals surface area contributed by atoms with E-state index in [1.165, 1.54) is 12.3 Å². The molecule has 0 aliphatic rings. The smallest absolute Gasteiger partial charge is 0.220 e. The predicted molar refractivity (Wildman–Crippen MR) is 120 cm³/mol. The summed E-state index contributed by atoms with van der Waals surface area (Å²) >= 11 is 0. The molecular weight excluding hydrogens is 421 g/mol. The number of benzene rings is 2. The van der Waals surface area contributed by atoms with Gasteiger partial charge in [-0.2, -0.15) is 10.4 Å². The van der Waals surface area contributed by atoms with Crippen molar-refractivity contribution in [2.45, 2.75) is 33.2 Å². The fraction of sp³-hybridized carbons (Fsp3) is 0.200. The number of hydrogen-bond acceptors (Lipinski definition) is 5. The maximum atomic E-state index is 13.9. The molecular formula is C25H22FN5O2. The molecule has 7 nitrogen and oxygen atoms in total. The van der Waals surface area contributed by atoms with E-state index in [-0.39, 0.29) is 24.6 Å². The lowest BCUT2D eigenvalue weighted by molar-refractivity contribution is -0.121. The van der Waals surface area contributed by atoms with Gasteiger partial charge in [0.2, 0.25) is 5.91 Å². The van der Waals surface area contributed by atoms with Crippen LogP contribution in [0.15, 0.2) is 54.7 Å². The number of amides is 1. The molecule has 0 bridgehead atoms. The number of aromatic nitrogens is 3. The van der Waals surface area contributed by atoms with Gasteiger partial charge in [-0.05, 0) is 44.0 Å². The molecule has 0 radical (unpaired) electrons. The number of fused-ring (bicyclic) bond motifs is 1. The van der Waals surface area contributed by atoms with Crippen LogP contribution in [0.3, 0.4) is 0 Å². The highest BCUT2D eigenvalue weighted by atomic mass is 19.1. The Hall–Kier alpha value is -4.25. The van der Waals surface area contributed by atoms with Gasteiger partial charge in [-0.15, -0.1) is 0 Å². The van der Waals surface area contributed by atoms with Gasteiger partial charge >= 0.3 is 0 Å². The molecule has 4 aromatic rings. The Bertz CT molecular complexity index is 1370. The maximum Gasteiger partial charge on any atom is 0.220 e. The van der Waals surface area contributed by atoms with Crippen molar-refractivity contribution in [3.05, 3.63) is 88.6 Å². The SMILES string of the molecule is Cc1nc2c(C#N)cnn2c(C)c1CCC(=O)NCc1ccccc1Oc1ccccc1F. The summed E-state index contributed by atoms with van der Waals surface area (Å²) in [5, 5.41) is 16.3. The lowest BCUT2D eigenvalue weighted by Crippen LogP contribution is -2.23. The average Bonchev–Trinajstić information content (AvgIpc) is 3.22. The molecule has 2 aromatic carbocycles. The Morgan fingerprint density at radius 1 is 1.15 bits per heavy atom. The Labute approximate surface area is 190 Å². The summed E-state index contributed by atoms with van der Waals surface area (Å²) in [4.78, 5) is 17.0. The number of nitrogens with zero attached hydrogens (tertiary/aromatic N) is 4. The molecule has 0 fully saturated rings. The zero-order valence-electron chi connectivity index (χ0n) is 18.3. The van der Waals surface area contributed by atoms with Crippen LogP contribution in [0.5, 0.6) is 11.5 Å². The van der Waals surface area contributed by atoms with Crippen LogP contribution in [0.25, 0.3) is 5.65 Å². The Morgan fingerprint density at radius 2 is 1.88 bits per heavy atom. The normalized spacial score (nSPS) is 10.7. The molecule has 0 aliphatic carbocycles. The van der Waals surface area contributed by atoms with E-state index in [4.69, 9.17) is 4.74 Å². The first kappa shape index (κ1) is 22.0. The third-order valence-electron chi connectivity index (χ3n) is 5.44. The standard InChI is InChI=1S/C25H22FN5O2/c1-16-20(17(2)31-25(30-16)19(13-27)15-29-31)11-12-24(32)28-14-18-7-3-5-9-22(18)33-23-10-6-4-8-21(23)26/h3-10,15H,11-12,14H2,1-2H3,(H,28,32). The molecule has 0 spiro atoms. The van der Waals surface area contributed by atoms with Crippen molar-refractivity contribution in [2.24, 2.45) is 0 Å². The summed E-state index contributed by atoms with van der Waals surface area (Å²) in [6.07, 6.45) is 2.24. The first-order valence-electron chi connectivity index (χ1n) is 10.5. The van der Waals surface area contributed by atoms with Crippen molar-refractivity contribution < 1.29 is 13.9 Å². The number of carbonyl (C=O) groups is 1. The number of carbonyl (C=O) groups excluding carboxylic acids is 1. The minimum absolute atomic E-state index is 0.128. The van der Waals surface area contributed by atoms with Gasteiger partial charge in [0, 0.05) is 29.9 Å². The summed E-state index contributed by atoms with van der Waals surface area (Å²) in [5.41, 5.74) is 4.23. The van der Waals surface area contributed by atoms with Crippen molar-refractivity contribution in [1.82, 2.24) is 19.9 Å².